The number of fused-ring (bicyclic) bond motifs is 1. The molecule has 0 saturated carbocycles. The summed E-state index contributed by atoms with van der Waals surface area (Å²) in [7, 11) is 0. The zero-order valence-corrected chi connectivity index (χ0v) is 18.6. The summed E-state index contributed by atoms with van der Waals surface area (Å²) in [5.74, 6) is -4.18. The summed E-state index contributed by atoms with van der Waals surface area (Å²) in [5, 5.41) is 20.9. The molecule has 8 heteroatoms. The number of ether oxygens (including phenoxy) is 1. The van der Waals surface area contributed by atoms with E-state index in [0.717, 1.165) is 6.08 Å². The van der Waals surface area contributed by atoms with Crippen molar-refractivity contribution in [3.8, 4) is 5.75 Å². The molecule has 170 valence electrons. The molecule has 1 aromatic rings. The molecule has 32 heavy (non-hydrogen) atoms. The van der Waals surface area contributed by atoms with E-state index in [0.29, 0.717) is 0 Å². The highest BCUT2D eigenvalue weighted by molar-refractivity contribution is 6.29. The van der Waals surface area contributed by atoms with Crippen molar-refractivity contribution in [3.05, 3.63) is 51.7 Å². The predicted molar refractivity (Wildman–Crippen MR) is 115 cm³/mol. The summed E-state index contributed by atoms with van der Waals surface area (Å²) in [6, 6.07) is 1.34. The Balaban J connectivity index is 2.01. The lowest BCUT2D eigenvalue weighted by Gasteiger charge is -2.38. The first kappa shape index (κ1) is 23.4. The normalized spacial score (nSPS) is 26.9. The minimum absolute atomic E-state index is 0.0264. The summed E-state index contributed by atoms with van der Waals surface area (Å²) >= 11 is 0. The number of esters is 1. The SMILES string of the molecule is C/C(=C\[C@@H](C)[C@@H]1OC(=O)[C@@H](C)[C@H](O)[C@H]1C)C(=O)c1c(O)c(C)cc2c1C(=O)C=C(N)C2=O. The van der Waals surface area contributed by atoms with Crippen LogP contribution in [-0.2, 0) is 9.53 Å². The fraction of sp³-hybridized carbons (Fsp3) is 0.417. The van der Waals surface area contributed by atoms with Crippen molar-refractivity contribution in [2.45, 2.75) is 46.8 Å². The number of ketones is 3. The van der Waals surface area contributed by atoms with E-state index in [4.69, 9.17) is 10.5 Å². The number of nitrogens with two attached hydrogens (primary N) is 1. The highest BCUT2D eigenvalue weighted by atomic mass is 16.5. The molecule has 1 heterocycles. The molecule has 8 nitrogen and oxygen atoms in total. The first-order chi connectivity index (χ1) is 14.9. The second kappa shape index (κ2) is 8.35. The number of cyclic esters (lactones) is 1. The van der Waals surface area contributed by atoms with Crippen LogP contribution in [0.5, 0.6) is 5.75 Å². The van der Waals surface area contributed by atoms with Gasteiger partial charge in [-0.15, -0.1) is 0 Å². The number of aromatic hydroxyl groups is 1. The molecule has 1 fully saturated rings. The summed E-state index contributed by atoms with van der Waals surface area (Å²) in [6.07, 6.45) is 1.00. The monoisotopic (exact) mass is 441 g/mol. The highest BCUT2D eigenvalue weighted by Crippen LogP contribution is 2.35. The van der Waals surface area contributed by atoms with Gasteiger partial charge in [-0.1, -0.05) is 19.9 Å². The molecule has 1 saturated heterocycles. The minimum Gasteiger partial charge on any atom is -0.507 e. The topological polar surface area (TPSA) is 144 Å². The molecule has 0 spiro atoms. The molecule has 0 amide bonds. The van der Waals surface area contributed by atoms with Crippen molar-refractivity contribution in [1.29, 1.82) is 0 Å². The van der Waals surface area contributed by atoms with E-state index in [9.17, 15) is 29.4 Å². The van der Waals surface area contributed by atoms with Gasteiger partial charge in [0.2, 0.25) is 5.78 Å². The summed E-state index contributed by atoms with van der Waals surface area (Å²) in [4.78, 5) is 50.4. The molecule has 1 aliphatic carbocycles. The number of benzene rings is 1. The maximum atomic E-state index is 13.3. The van der Waals surface area contributed by atoms with Gasteiger partial charge in [0.15, 0.2) is 11.6 Å². The van der Waals surface area contributed by atoms with Crippen LogP contribution >= 0.6 is 0 Å². The van der Waals surface area contributed by atoms with Gasteiger partial charge in [-0.25, -0.2) is 0 Å². The average Bonchev–Trinajstić information content (AvgIpc) is 2.73. The van der Waals surface area contributed by atoms with Gasteiger partial charge in [0.1, 0.15) is 11.9 Å². The Morgan fingerprint density at radius 2 is 1.88 bits per heavy atom. The smallest absolute Gasteiger partial charge is 0.311 e. The van der Waals surface area contributed by atoms with Gasteiger partial charge in [-0.2, -0.15) is 0 Å². The molecule has 1 aromatic carbocycles. The van der Waals surface area contributed by atoms with E-state index in [1.807, 2.05) is 0 Å². The minimum atomic E-state index is -0.873. The maximum absolute atomic E-state index is 13.3. The standard InChI is InChI=1S/C24H27NO7/c1-9(6-11(3)23-12(4)21(29)13(5)24(31)32-23)19(27)18-17-14(7-10(2)20(18)28)22(30)15(25)8-16(17)26/h6-8,11-13,21,23,28-29H,25H2,1-5H3/b9-6+/t11-,12-,13+,21-,23+/m1/s1. The summed E-state index contributed by atoms with van der Waals surface area (Å²) in [5.41, 5.74) is 5.38. The van der Waals surface area contributed by atoms with Crippen molar-refractivity contribution in [2.24, 2.45) is 23.5 Å². The molecule has 0 radical (unpaired) electrons. The lowest BCUT2D eigenvalue weighted by Crippen LogP contribution is -2.48. The Hall–Kier alpha value is -3.26. The summed E-state index contributed by atoms with van der Waals surface area (Å²) < 4.78 is 5.48. The molecule has 2 aliphatic rings. The number of Topliss-reactive ketones (excluding diaryl/α,β-unsaturated/α-hetero) is 2. The second-order valence-electron chi connectivity index (χ2n) is 8.71. The van der Waals surface area contributed by atoms with Gasteiger partial charge < -0.3 is 20.7 Å². The number of allylic oxidation sites excluding steroid dienone is 3. The van der Waals surface area contributed by atoms with Gasteiger partial charge in [0.25, 0.3) is 0 Å². The van der Waals surface area contributed by atoms with Crippen molar-refractivity contribution >= 4 is 23.3 Å². The molecule has 1 aliphatic heterocycles. The van der Waals surface area contributed by atoms with Gasteiger partial charge in [0.05, 0.1) is 23.3 Å². The van der Waals surface area contributed by atoms with E-state index in [2.05, 4.69) is 0 Å². The molecular weight excluding hydrogens is 414 g/mol. The van der Waals surface area contributed by atoms with Crippen molar-refractivity contribution in [3.63, 3.8) is 0 Å². The quantitative estimate of drug-likeness (QED) is 0.367. The van der Waals surface area contributed by atoms with Crippen LogP contribution in [0.2, 0.25) is 0 Å². The Morgan fingerprint density at radius 1 is 1.25 bits per heavy atom. The van der Waals surface area contributed by atoms with Crippen LogP contribution in [0.1, 0.15) is 64.3 Å². The van der Waals surface area contributed by atoms with Gasteiger partial charge in [-0.3, -0.25) is 19.2 Å². The first-order valence-electron chi connectivity index (χ1n) is 10.4. The van der Waals surface area contributed by atoms with Gasteiger partial charge >= 0.3 is 5.97 Å². The molecule has 5 atom stereocenters. The first-order valence-corrected chi connectivity index (χ1v) is 10.4. The van der Waals surface area contributed by atoms with E-state index in [-0.39, 0.29) is 45.2 Å². The van der Waals surface area contributed by atoms with Crippen molar-refractivity contribution < 1.29 is 34.1 Å². The number of carbonyl (C=O) groups is 4. The molecule has 4 N–H and O–H groups in total. The number of phenolic OH excluding ortho intramolecular Hbond substituents is 1. The third kappa shape index (κ3) is 3.75. The Bertz CT molecular complexity index is 1100. The highest BCUT2D eigenvalue weighted by Gasteiger charge is 2.42. The Morgan fingerprint density at radius 3 is 2.50 bits per heavy atom. The second-order valence-corrected chi connectivity index (χ2v) is 8.71. The van der Waals surface area contributed by atoms with Gasteiger partial charge in [0, 0.05) is 29.0 Å². The molecule has 0 unspecified atom stereocenters. The Labute approximate surface area is 185 Å². The van der Waals surface area contributed by atoms with Gasteiger partial charge in [-0.05, 0) is 38.0 Å². The number of hydrogen-bond acceptors (Lipinski definition) is 8. The van der Waals surface area contributed by atoms with Crippen LogP contribution in [0.15, 0.2) is 29.5 Å². The largest absolute Gasteiger partial charge is 0.507 e. The van der Waals surface area contributed by atoms with E-state index < -0.39 is 47.4 Å². The van der Waals surface area contributed by atoms with Crippen LogP contribution in [0.4, 0.5) is 0 Å². The number of rotatable bonds is 4. The fourth-order valence-corrected chi connectivity index (χ4v) is 4.38. The third-order valence-corrected chi connectivity index (χ3v) is 6.34. The number of hydrogen-bond donors (Lipinski definition) is 3. The molecule has 3 rings (SSSR count). The molecule has 0 bridgehead atoms. The third-order valence-electron chi connectivity index (χ3n) is 6.34. The zero-order valence-electron chi connectivity index (χ0n) is 18.6. The number of aryl methyl sites for hydroxylation is 1. The van der Waals surface area contributed by atoms with E-state index >= 15 is 0 Å². The van der Waals surface area contributed by atoms with Crippen LogP contribution in [0, 0.1) is 24.7 Å². The summed E-state index contributed by atoms with van der Waals surface area (Å²) in [6.45, 7) is 8.14. The van der Waals surface area contributed by atoms with Crippen LogP contribution in [0.3, 0.4) is 0 Å². The fourth-order valence-electron chi connectivity index (χ4n) is 4.38. The van der Waals surface area contributed by atoms with Crippen molar-refractivity contribution in [1.82, 2.24) is 0 Å². The Kier molecular flexibility index (Phi) is 6.11. The number of phenols is 1. The van der Waals surface area contributed by atoms with E-state index in [1.165, 1.54) is 19.9 Å². The van der Waals surface area contributed by atoms with Crippen LogP contribution in [-0.4, -0.2) is 45.7 Å². The molecular formula is C24H27NO7. The predicted octanol–water partition coefficient (Wildman–Crippen LogP) is 2.25. The van der Waals surface area contributed by atoms with Crippen LogP contribution < -0.4 is 5.73 Å². The van der Waals surface area contributed by atoms with Crippen LogP contribution in [0.25, 0.3) is 0 Å². The average molecular weight is 441 g/mol. The van der Waals surface area contributed by atoms with Crippen molar-refractivity contribution in [2.75, 3.05) is 0 Å². The number of aliphatic hydroxyl groups is 1. The lowest BCUT2D eigenvalue weighted by molar-refractivity contribution is -0.180. The van der Waals surface area contributed by atoms with E-state index in [1.54, 1.807) is 26.8 Å². The number of aliphatic hydroxyl groups excluding tert-OH is 1. The maximum Gasteiger partial charge on any atom is 0.311 e. The zero-order chi connectivity index (χ0) is 24.1. The lowest BCUT2D eigenvalue weighted by atomic mass is 9.80. The molecule has 0 aromatic heterocycles. The number of carbonyl (C=O) groups excluding carboxylic acids is 4.